The van der Waals surface area contributed by atoms with E-state index < -0.39 is 10.0 Å². The molecular formula is C19H23N3O3S. The van der Waals surface area contributed by atoms with Gasteiger partial charge in [-0.05, 0) is 49.6 Å². The summed E-state index contributed by atoms with van der Waals surface area (Å²) in [6, 6.07) is 14.6. The number of sulfonamides is 1. The highest BCUT2D eigenvalue weighted by atomic mass is 32.2. The number of nitrogens with zero attached hydrogens (tertiary/aromatic N) is 1. The summed E-state index contributed by atoms with van der Waals surface area (Å²) in [5, 5.41) is 8.22. The van der Waals surface area contributed by atoms with E-state index in [4.69, 9.17) is 5.14 Å². The number of hydrogen-bond acceptors (Lipinski definition) is 4. The van der Waals surface area contributed by atoms with Gasteiger partial charge in [-0.1, -0.05) is 30.3 Å². The second-order valence-corrected chi connectivity index (χ2v) is 8.28. The molecule has 0 spiro atoms. The van der Waals surface area contributed by atoms with Gasteiger partial charge in [0, 0.05) is 11.7 Å². The highest BCUT2D eigenvalue weighted by Gasteiger charge is 2.29. The first kappa shape index (κ1) is 18.4. The molecule has 0 bridgehead atoms. The molecule has 0 fully saturated rings. The van der Waals surface area contributed by atoms with Crippen molar-refractivity contribution in [2.45, 2.75) is 37.2 Å². The van der Waals surface area contributed by atoms with E-state index in [1.807, 2.05) is 49.1 Å². The second kappa shape index (κ2) is 7.09. The molecule has 1 aliphatic heterocycles. The lowest BCUT2D eigenvalue weighted by Crippen LogP contribution is -2.40. The molecule has 1 heterocycles. The molecule has 1 amide bonds. The molecular weight excluding hydrogens is 350 g/mol. The van der Waals surface area contributed by atoms with Gasteiger partial charge in [0.05, 0.1) is 17.5 Å². The van der Waals surface area contributed by atoms with Crippen molar-refractivity contribution in [1.29, 1.82) is 0 Å². The predicted molar refractivity (Wildman–Crippen MR) is 101 cm³/mol. The third-order valence-electron chi connectivity index (χ3n) is 4.73. The van der Waals surface area contributed by atoms with Crippen LogP contribution in [0.3, 0.4) is 0 Å². The number of benzene rings is 2. The van der Waals surface area contributed by atoms with Crippen molar-refractivity contribution in [2.75, 3.05) is 11.4 Å². The molecule has 2 aromatic carbocycles. The summed E-state index contributed by atoms with van der Waals surface area (Å²) in [5.41, 5.74) is 2.83. The molecule has 0 saturated heterocycles. The topological polar surface area (TPSA) is 92.5 Å². The van der Waals surface area contributed by atoms with Gasteiger partial charge in [0.1, 0.15) is 0 Å². The second-order valence-electron chi connectivity index (χ2n) is 6.72. The Labute approximate surface area is 154 Å². The van der Waals surface area contributed by atoms with E-state index >= 15 is 0 Å². The van der Waals surface area contributed by atoms with Gasteiger partial charge in [-0.15, -0.1) is 0 Å². The molecule has 7 heteroatoms. The van der Waals surface area contributed by atoms with Crippen molar-refractivity contribution in [3.05, 3.63) is 59.7 Å². The highest BCUT2D eigenvalue weighted by molar-refractivity contribution is 7.89. The van der Waals surface area contributed by atoms with E-state index in [-0.39, 0.29) is 29.4 Å². The number of rotatable bonds is 5. The van der Waals surface area contributed by atoms with Gasteiger partial charge in [0.25, 0.3) is 0 Å². The first-order chi connectivity index (χ1) is 12.3. The van der Waals surface area contributed by atoms with Crippen molar-refractivity contribution in [3.8, 4) is 0 Å². The molecule has 0 aliphatic carbocycles. The third-order valence-corrected chi connectivity index (χ3v) is 5.64. The Hall–Kier alpha value is -2.38. The Morgan fingerprint density at radius 2 is 1.96 bits per heavy atom. The molecule has 3 rings (SSSR count). The number of anilines is 1. The fraction of sp³-hybridized carbons (Fsp3) is 0.316. The van der Waals surface area contributed by atoms with Crippen LogP contribution in [-0.4, -0.2) is 26.9 Å². The molecule has 138 valence electrons. The summed E-state index contributed by atoms with van der Waals surface area (Å²) >= 11 is 0. The molecule has 0 aromatic heterocycles. The van der Waals surface area contributed by atoms with Crippen LogP contribution in [0, 0.1) is 0 Å². The minimum atomic E-state index is -3.73. The van der Waals surface area contributed by atoms with Crippen LogP contribution in [0.2, 0.25) is 0 Å². The Morgan fingerprint density at radius 1 is 1.27 bits per heavy atom. The number of nitrogens with one attached hydrogen (secondary N) is 1. The predicted octanol–water partition coefficient (Wildman–Crippen LogP) is 1.96. The largest absolute Gasteiger partial charge is 0.359 e. The van der Waals surface area contributed by atoms with Crippen LogP contribution in [-0.2, 0) is 21.2 Å². The Balaban J connectivity index is 1.72. The van der Waals surface area contributed by atoms with E-state index in [9.17, 15) is 13.2 Å². The fourth-order valence-corrected chi connectivity index (χ4v) is 3.92. The Morgan fingerprint density at radius 3 is 2.62 bits per heavy atom. The van der Waals surface area contributed by atoms with E-state index in [1.165, 1.54) is 6.07 Å². The number of hydrogen-bond donors (Lipinski definition) is 2. The average Bonchev–Trinajstić information content (AvgIpc) is 2.89. The molecule has 0 radical (unpaired) electrons. The molecule has 0 unspecified atom stereocenters. The summed E-state index contributed by atoms with van der Waals surface area (Å²) in [4.78, 5) is 14.6. The summed E-state index contributed by atoms with van der Waals surface area (Å²) in [6.07, 6.45) is 0.681. The zero-order valence-corrected chi connectivity index (χ0v) is 15.7. The lowest BCUT2D eigenvalue weighted by atomic mass is 10.1. The maximum atomic E-state index is 12.5. The zero-order valence-electron chi connectivity index (χ0n) is 14.8. The van der Waals surface area contributed by atoms with E-state index in [1.54, 1.807) is 12.1 Å². The van der Waals surface area contributed by atoms with Crippen molar-refractivity contribution in [3.63, 3.8) is 0 Å². The summed E-state index contributed by atoms with van der Waals surface area (Å²) in [7, 11) is -3.73. The molecule has 2 atom stereocenters. The summed E-state index contributed by atoms with van der Waals surface area (Å²) in [5.74, 6) is -0.0726. The lowest BCUT2D eigenvalue weighted by Gasteiger charge is -2.25. The van der Waals surface area contributed by atoms with Crippen LogP contribution in [0.1, 0.15) is 31.0 Å². The van der Waals surface area contributed by atoms with Gasteiger partial charge in [-0.25, -0.2) is 13.6 Å². The average molecular weight is 373 g/mol. The van der Waals surface area contributed by atoms with Gasteiger partial charge >= 0.3 is 0 Å². The van der Waals surface area contributed by atoms with Gasteiger partial charge in [0.2, 0.25) is 15.9 Å². The van der Waals surface area contributed by atoms with E-state index in [2.05, 4.69) is 5.32 Å². The number of primary sulfonamides is 1. The van der Waals surface area contributed by atoms with Gasteiger partial charge in [-0.3, -0.25) is 4.79 Å². The number of carbonyl (C=O) groups excluding carboxylic acids is 1. The SMILES string of the molecule is C[C@H](NC(=O)CN1c2ccc(S(N)(=O)=O)cc2C[C@H]1C)c1ccccc1. The van der Waals surface area contributed by atoms with Crippen LogP contribution in [0.15, 0.2) is 53.4 Å². The summed E-state index contributed by atoms with van der Waals surface area (Å²) in [6.45, 7) is 4.19. The molecule has 1 aliphatic rings. The fourth-order valence-electron chi connectivity index (χ4n) is 3.36. The number of nitrogens with two attached hydrogens (primary N) is 1. The molecule has 0 saturated carbocycles. The van der Waals surface area contributed by atoms with Crippen LogP contribution >= 0.6 is 0 Å². The minimum Gasteiger partial charge on any atom is -0.359 e. The Kier molecular flexibility index (Phi) is 5.02. The normalized spacial score (nSPS) is 17.7. The maximum Gasteiger partial charge on any atom is 0.240 e. The van der Waals surface area contributed by atoms with Gasteiger partial charge in [0.15, 0.2) is 0 Å². The number of amides is 1. The lowest BCUT2D eigenvalue weighted by molar-refractivity contribution is -0.120. The smallest absolute Gasteiger partial charge is 0.240 e. The number of fused-ring (bicyclic) bond motifs is 1. The van der Waals surface area contributed by atoms with E-state index in [0.717, 1.165) is 16.8 Å². The molecule has 3 N–H and O–H groups in total. The van der Waals surface area contributed by atoms with Crippen LogP contribution < -0.4 is 15.4 Å². The summed E-state index contributed by atoms with van der Waals surface area (Å²) < 4.78 is 23.1. The van der Waals surface area contributed by atoms with Crippen molar-refractivity contribution in [2.24, 2.45) is 5.14 Å². The monoisotopic (exact) mass is 373 g/mol. The third kappa shape index (κ3) is 3.89. The first-order valence-electron chi connectivity index (χ1n) is 8.52. The van der Waals surface area contributed by atoms with Crippen LogP contribution in [0.4, 0.5) is 5.69 Å². The highest BCUT2D eigenvalue weighted by Crippen LogP contribution is 2.33. The minimum absolute atomic E-state index is 0.0726. The van der Waals surface area contributed by atoms with Gasteiger partial charge in [-0.2, -0.15) is 0 Å². The van der Waals surface area contributed by atoms with Crippen molar-refractivity contribution >= 4 is 21.6 Å². The van der Waals surface area contributed by atoms with Gasteiger partial charge < -0.3 is 10.2 Å². The number of carbonyl (C=O) groups is 1. The maximum absolute atomic E-state index is 12.5. The Bertz CT molecular complexity index is 913. The quantitative estimate of drug-likeness (QED) is 0.838. The first-order valence-corrected chi connectivity index (χ1v) is 10.1. The zero-order chi connectivity index (χ0) is 18.9. The van der Waals surface area contributed by atoms with Crippen molar-refractivity contribution < 1.29 is 13.2 Å². The molecule has 2 aromatic rings. The molecule has 6 nitrogen and oxygen atoms in total. The van der Waals surface area contributed by atoms with Crippen LogP contribution in [0.5, 0.6) is 0 Å². The standard InChI is InChI=1S/C19H23N3O3S/c1-13-10-16-11-17(26(20,24)25)8-9-18(16)22(13)12-19(23)21-14(2)15-6-4-3-5-7-15/h3-9,11,13-14H,10,12H2,1-2H3,(H,21,23)(H2,20,24,25)/t13-,14+/m1/s1. The van der Waals surface area contributed by atoms with E-state index in [0.29, 0.717) is 6.42 Å². The van der Waals surface area contributed by atoms with Crippen molar-refractivity contribution in [1.82, 2.24) is 5.32 Å². The molecule has 26 heavy (non-hydrogen) atoms. The van der Waals surface area contributed by atoms with Crippen LogP contribution in [0.25, 0.3) is 0 Å².